The molecule has 0 saturated carbocycles. The lowest BCUT2D eigenvalue weighted by Crippen LogP contribution is -1.99. The van der Waals surface area contributed by atoms with Gasteiger partial charge in [0.15, 0.2) is 11.2 Å². The SMILES string of the molecule is COC(=O)c1ccc2c(c1)oc1c(C)nccc12.Cc1nccc2c1oc1cc(C(=O)O)ccc12. The predicted molar refractivity (Wildman–Crippen MR) is 131 cm³/mol. The molecule has 0 amide bonds. The molecule has 6 aromatic rings. The van der Waals surface area contributed by atoms with Crippen molar-refractivity contribution in [2.45, 2.75) is 13.8 Å². The molecule has 4 heterocycles. The molecule has 0 bridgehead atoms. The van der Waals surface area contributed by atoms with E-state index in [0.29, 0.717) is 22.3 Å². The van der Waals surface area contributed by atoms with Crippen LogP contribution in [0.15, 0.2) is 69.8 Å². The number of aromatic nitrogens is 2. The lowest BCUT2D eigenvalue weighted by Gasteiger charge is -1.97. The van der Waals surface area contributed by atoms with Crippen LogP contribution in [-0.4, -0.2) is 34.1 Å². The van der Waals surface area contributed by atoms with Gasteiger partial charge >= 0.3 is 11.9 Å². The van der Waals surface area contributed by atoms with Crippen LogP contribution in [0.1, 0.15) is 32.1 Å². The van der Waals surface area contributed by atoms with Crippen LogP contribution in [0.4, 0.5) is 0 Å². The molecule has 0 aliphatic carbocycles. The molecule has 1 N–H and O–H groups in total. The zero-order valence-corrected chi connectivity index (χ0v) is 19.2. The Morgan fingerprint density at radius 1 is 0.743 bits per heavy atom. The number of hydrogen-bond donors (Lipinski definition) is 1. The van der Waals surface area contributed by atoms with Crippen LogP contribution < -0.4 is 0 Å². The molecule has 35 heavy (non-hydrogen) atoms. The molecule has 0 aliphatic heterocycles. The topological polar surface area (TPSA) is 116 Å². The van der Waals surface area contributed by atoms with Crippen LogP contribution >= 0.6 is 0 Å². The van der Waals surface area contributed by atoms with Gasteiger partial charge in [-0.25, -0.2) is 9.59 Å². The van der Waals surface area contributed by atoms with Crippen molar-refractivity contribution in [2.24, 2.45) is 0 Å². The second kappa shape index (κ2) is 8.57. The Bertz CT molecular complexity index is 1760. The molecule has 8 nitrogen and oxygen atoms in total. The summed E-state index contributed by atoms with van der Waals surface area (Å²) in [7, 11) is 1.36. The largest absolute Gasteiger partial charge is 0.478 e. The Kier molecular flexibility index (Phi) is 5.41. The number of hydrogen-bond acceptors (Lipinski definition) is 7. The van der Waals surface area contributed by atoms with Crippen LogP contribution in [-0.2, 0) is 4.74 Å². The first-order valence-corrected chi connectivity index (χ1v) is 10.7. The van der Waals surface area contributed by atoms with E-state index in [0.717, 1.165) is 38.5 Å². The number of pyridine rings is 2. The molecule has 0 aliphatic rings. The van der Waals surface area contributed by atoms with Crippen molar-refractivity contribution >= 4 is 55.8 Å². The molecule has 0 radical (unpaired) electrons. The first-order chi connectivity index (χ1) is 16.9. The average Bonchev–Trinajstić information content (AvgIpc) is 3.43. The second-order valence-corrected chi connectivity index (χ2v) is 7.97. The number of aromatic carboxylic acids is 1. The Morgan fingerprint density at radius 3 is 1.71 bits per heavy atom. The van der Waals surface area contributed by atoms with Gasteiger partial charge in [0.2, 0.25) is 0 Å². The van der Waals surface area contributed by atoms with Gasteiger partial charge in [0.25, 0.3) is 0 Å². The number of carboxylic acid groups (broad SMARTS) is 1. The highest BCUT2D eigenvalue weighted by molar-refractivity contribution is 6.08. The quantitative estimate of drug-likeness (QED) is 0.305. The first kappa shape index (κ1) is 22.1. The van der Waals surface area contributed by atoms with Gasteiger partial charge in [-0.1, -0.05) is 0 Å². The van der Waals surface area contributed by atoms with Gasteiger partial charge in [-0.2, -0.15) is 0 Å². The predicted octanol–water partition coefficient (Wildman–Crippen LogP) is 6.06. The Morgan fingerprint density at radius 2 is 1.23 bits per heavy atom. The standard InChI is InChI=1S/C14H11NO3.C13H9NO3/c1-8-13-11(5-6-15-8)10-4-3-9(14(16)17-2)7-12(10)18-13;1-7-12-10(4-5-14-7)9-3-2-8(13(15)16)6-11(9)17-12/h3-7H,1-2H3;2-6H,1H3,(H,15,16). The van der Waals surface area contributed by atoms with E-state index >= 15 is 0 Å². The molecule has 174 valence electrons. The van der Waals surface area contributed by atoms with E-state index < -0.39 is 5.97 Å². The summed E-state index contributed by atoms with van der Waals surface area (Å²) in [5, 5.41) is 12.8. The van der Waals surface area contributed by atoms with Gasteiger partial charge in [0.1, 0.15) is 11.2 Å². The fourth-order valence-electron chi connectivity index (χ4n) is 4.04. The van der Waals surface area contributed by atoms with Crippen molar-refractivity contribution in [1.82, 2.24) is 9.97 Å². The molecule has 0 saturated heterocycles. The minimum absolute atomic E-state index is 0.224. The van der Waals surface area contributed by atoms with E-state index in [9.17, 15) is 9.59 Å². The number of carbonyl (C=O) groups is 2. The normalized spacial score (nSPS) is 11.1. The van der Waals surface area contributed by atoms with Crippen molar-refractivity contribution in [1.29, 1.82) is 0 Å². The number of methoxy groups -OCH3 is 1. The highest BCUT2D eigenvalue weighted by atomic mass is 16.5. The molecule has 0 fully saturated rings. The third-order valence-electron chi connectivity index (χ3n) is 5.80. The summed E-state index contributed by atoms with van der Waals surface area (Å²) < 4.78 is 16.1. The lowest BCUT2D eigenvalue weighted by molar-refractivity contribution is 0.0600. The van der Waals surface area contributed by atoms with Crippen molar-refractivity contribution in [3.8, 4) is 0 Å². The summed E-state index contributed by atoms with van der Waals surface area (Å²) in [5.41, 5.74) is 5.07. The number of furan rings is 2. The van der Waals surface area contributed by atoms with Crippen molar-refractivity contribution in [3.63, 3.8) is 0 Å². The van der Waals surface area contributed by atoms with Gasteiger partial charge in [-0.15, -0.1) is 0 Å². The molecular weight excluding hydrogens is 448 g/mol. The maximum Gasteiger partial charge on any atom is 0.337 e. The van der Waals surface area contributed by atoms with Crippen molar-refractivity contribution < 1.29 is 28.3 Å². The Labute approximate surface area is 198 Å². The monoisotopic (exact) mass is 468 g/mol. The Balaban J connectivity index is 0.000000145. The van der Waals surface area contributed by atoms with Crippen molar-refractivity contribution in [3.05, 3.63) is 83.4 Å². The third kappa shape index (κ3) is 3.85. The van der Waals surface area contributed by atoms with E-state index in [1.165, 1.54) is 13.2 Å². The zero-order valence-electron chi connectivity index (χ0n) is 19.2. The molecule has 2 aromatic carbocycles. The third-order valence-corrected chi connectivity index (χ3v) is 5.80. The fourth-order valence-corrected chi connectivity index (χ4v) is 4.04. The van der Waals surface area contributed by atoms with E-state index in [4.69, 9.17) is 18.7 Å². The summed E-state index contributed by atoms with van der Waals surface area (Å²) in [4.78, 5) is 30.7. The molecule has 8 heteroatoms. The van der Waals surface area contributed by atoms with E-state index in [1.807, 2.05) is 32.0 Å². The van der Waals surface area contributed by atoms with Gasteiger partial charge < -0.3 is 18.7 Å². The number of rotatable bonds is 2. The molecular formula is C27H20N2O6. The number of carbonyl (C=O) groups excluding carboxylic acids is 1. The van der Waals surface area contributed by atoms with E-state index in [2.05, 4.69) is 9.97 Å². The number of aryl methyl sites for hydroxylation is 2. The Hall–Kier alpha value is -4.72. The molecule has 0 unspecified atom stereocenters. The van der Waals surface area contributed by atoms with E-state index in [1.54, 1.807) is 36.7 Å². The smallest absolute Gasteiger partial charge is 0.337 e. The summed E-state index contributed by atoms with van der Waals surface area (Å²) in [6.07, 6.45) is 3.47. The minimum atomic E-state index is -0.956. The summed E-state index contributed by atoms with van der Waals surface area (Å²) in [6.45, 7) is 3.76. The van der Waals surface area contributed by atoms with Crippen LogP contribution in [0.2, 0.25) is 0 Å². The number of fused-ring (bicyclic) bond motifs is 6. The van der Waals surface area contributed by atoms with Gasteiger partial charge in [-0.3, -0.25) is 9.97 Å². The zero-order chi connectivity index (χ0) is 24.7. The van der Waals surface area contributed by atoms with Crippen LogP contribution in [0.5, 0.6) is 0 Å². The maximum atomic E-state index is 11.5. The number of ether oxygens (including phenoxy) is 1. The number of esters is 1. The van der Waals surface area contributed by atoms with Crippen LogP contribution in [0.3, 0.4) is 0 Å². The van der Waals surface area contributed by atoms with Gasteiger partial charge in [-0.05, 0) is 62.4 Å². The fraction of sp³-hybridized carbons (Fsp3) is 0.111. The minimum Gasteiger partial charge on any atom is -0.478 e. The van der Waals surface area contributed by atoms with Crippen LogP contribution in [0.25, 0.3) is 43.9 Å². The maximum absolute atomic E-state index is 11.5. The van der Waals surface area contributed by atoms with Crippen LogP contribution in [0, 0.1) is 13.8 Å². The first-order valence-electron chi connectivity index (χ1n) is 10.7. The van der Waals surface area contributed by atoms with E-state index in [-0.39, 0.29) is 11.5 Å². The number of benzene rings is 2. The summed E-state index contributed by atoms with van der Waals surface area (Å²) >= 11 is 0. The number of carboxylic acids is 1. The summed E-state index contributed by atoms with van der Waals surface area (Å²) in [6, 6.07) is 14.0. The average molecular weight is 468 g/mol. The van der Waals surface area contributed by atoms with Gasteiger partial charge in [0.05, 0.1) is 29.6 Å². The molecule has 4 aromatic heterocycles. The molecule has 0 atom stereocenters. The summed E-state index contributed by atoms with van der Waals surface area (Å²) in [5.74, 6) is -1.32. The number of nitrogens with zero attached hydrogens (tertiary/aromatic N) is 2. The second-order valence-electron chi connectivity index (χ2n) is 7.97. The molecule has 0 spiro atoms. The highest BCUT2D eigenvalue weighted by Gasteiger charge is 2.13. The molecule has 6 rings (SSSR count). The van der Waals surface area contributed by atoms with Gasteiger partial charge in [0, 0.05) is 33.9 Å². The van der Waals surface area contributed by atoms with Crippen molar-refractivity contribution in [2.75, 3.05) is 7.11 Å². The lowest BCUT2D eigenvalue weighted by atomic mass is 10.1. The highest BCUT2D eigenvalue weighted by Crippen LogP contribution is 2.31.